The summed E-state index contributed by atoms with van der Waals surface area (Å²) >= 11 is 0. The highest BCUT2D eigenvalue weighted by Crippen LogP contribution is 2.27. The van der Waals surface area contributed by atoms with Crippen LogP contribution in [0.4, 0.5) is 0 Å². The molecule has 1 aromatic heterocycles. The van der Waals surface area contributed by atoms with Crippen molar-refractivity contribution < 1.29 is 9.59 Å². The van der Waals surface area contributed by atoms with Gasteiger partial charge in [0.2, 0.25) is 11.8 Å². The van der Waals surface area contributed by atoms with E-state index in [-0.39, 0.29) is 17.9 Å². The molecule has 0 aromatic carbocycles. The maximum absolute atomic E-state index is 12.5. The van der Waals surface area contributed by atoms with E-state index in [0.29, 0.717) is 13.1 Å². The SMILES string of the molecule is CC1C(=O)N2CCCC2C(=O)N1Cc1ccncn1. The molecule has 0 radical (unpaired) electrons. The van der Waals surface area contributed by atoms with Crippen molar-refractivity contribution in [2.75, 3.05) is 6.54 Å². The monoisotopic (exact) mass is 260 g/mol. The van der Waals surface area contributed by atoms with Crippen molar-refractivity contribution in [3.8, 4) is 0 Å². The van der Waals surface area contributed by atoms with Crippen LogP contribution in [0.1, 0.15) is 25.5 Å². The first kappa shape index (κ1) is 12.1. The van der Waals surface area contributed by atoms with E-state index >= 15 is 0 Å². The molecule has 3 heterocycles. The van der Waals surface area contributed by atoms with Crippen LogP contribution in [0.2, 0.25) is 0 Å². The van der Waals surface area contributed by atoms with Crippen molar-refractivity contribution in [2.45, 2.75) is 38.4 Å². The van der Waals surface area contributed by atoms with Gasteiger partial charge in [-0.15, -0.1) is 0 Å². The van der Waals surface area contributed by atoms with E-state index < -0.39 is 6.04 Å². The Morgan fingerprint density at radius 1 is 1.37 bits per heavy atom. The zero-order valence-corrected chi connectivity index (χ0v) is 10.8. The summed E-state index contributed by atoms with van der Waals surface area (Å²) in [5.41, 5.74) is 0.759. The lowest BCUT2D eigenvalue weighted by molar-refractivity contribution is -0.159. The van der Waals surface area contributed by atoms with E-state index in [9.17, 15) is 9.59 Å². The predicted molar refractivity (Wildman–Crippen MR) is 66.8 cm³/mol. The number of nitrogens with zero attached hydrogens (tertiary/aromatic N) is 4. The Hall–Kier alpha value is -1.98. The van der Waals surface area contributed by atoms with E-state index in [1.54, 1.807) is 29.0 Å². The molecule has 0 bridgehead atoms. The first-order chi connectivity index (χ1) is 9.18. The van der Waals surface area contributed by atoms with Crippen LogP contribution in [-0.4, -0.2) is 50.2 Å². The Balaban J connectivity index is 1.84. The highest BCUT2D eigenvalue weighted by atomic mass is 16.2. The van der Waals surface area contributed by atoms with Gasteiger partial charge in [0.1, 0.15) is 18.4 Å². The molecule has 2 fully saturated rings. The molecule has 2 aliphatic heterocycles. The molecule has 1 aromatic rings. The highest BCUT2D eigenvalue weighted by molar-refractivity contribution is 5.97. The number of carbonyl (C=O) groups excluding carboxylic acids is 2. The van der Waals surface area contributed by atoms with E-state index in [0.717, 1.165) is 18.5 Å². The van der Waals surface area contributed by atoms with E-state index in [4.69, 9.17) is 0 Å². The lowest BCUT2D eigenvalue weighted by Crippen LogP contribution is -2.61. The van der Waals surface area contributed by atoms with Crippen molar-refractivity contribution in [3.05, 3.63) is 24.3 Å². The summed E-state index contributed by atoms with van der Waals surface area (Å²) in [6.07, 6.45) is 4.79. The molecule has 19 heavy (non-hydrogen) atoms. The number of fused-ring (bicyclic) bond motifs is 1. The Morgan fingerprint density at radius 3 is 2.95 bits per heavy atom. The maximum atomic E-state index is 12.5. The third kappa shape index (κ3) is 1.97. The Bertz CT molecular complexity index is 505. The van der Waals surface area contributed by atoms with Crippen LogP contribution < -0.4 is 0 Å². The normalized spacial score (nSPS) is 26.8. The van der Waals surface area contributed by atoms with E-state index in [1.165, 1.54) is 6.33 Å². The Morgan fingerprint density at radius 2 is 2.21 bits per heavy atom. The van der Waals surface area contributed by atoms with Gasteiger partial charge in [-0.05, 0) is 25.8 Å². The third-order valence-corrected chi connectivity index (χ3v) is 3.90. The molecule has 2 atom stereocenters. The molecule has 0 saturated carbocycles. The minimum absolute atomic E-state index is 0.0446. The van der Waals surface area contributed by atoms with Crippen LogP contribution in [0, 0.1) is 0 Å². The number of hydrogen-bond donors (Lipinski definition) is 0. The third-order valence-electron chi connectivity index (χ3n) is 3.90. The first-order valence-electron chi connectivity index (χ1n) is 6.54. The zero-order chi connectivity index (χ0) is 13.4. The van der Waals surface area contributed by atoms with Crippen LogP contribution in [0.15, 0.2) is 18.6 Å². The lowest BCUT2D eigenvalue weighted by atomic mass is 10.1. The predicted octanol–water partition coefficient (Wildman–Crippen LogP) is 0.198. The van der Waals surface area contributed by atoms with Crippen molar-refractivity contribution in [2.24, 2.45) is 0 Å². The summed E-state index contributed by atoms with van der Waals surface area (Å²) in [5, 5.41) is 0. The molecule has 100 valence electrons. The lowest BCUT2D eigenvalue weighted by Gasteiger charge is -2.40. The number of piperazine rings is 1. The van der Waals surface area contributed by atoms with Gasteiger partial charge in [0.15, 0.2) is 0 Å². The molecule has 0 N–H and O–H groups in total. The average Bonchev–Trinajstić information content (AvgIpc) is 2.92. The van der Waals surface area contributed by atoms with Crippen molar-refractivity contribution in [1.29, 1.82) is 0 Å². The standard InChI is InChI=1S/C13H16N4O2/c1-9-12(18)16-6-2-3-11(16)13(19)17(9)7-10-4-5-14-8-15-10/h4-5,8-9,11H,2-3,6-7H2,1H3. The molecule has 6 nitrogen and oxygen atoms in total. The molecule has 2 aliphatic rings. The van der Waals surface area contributed by atoms with Crippen molar-refractivity contribution in [3.63, 3.8) is 0 Å². The second kappa shape index (κ2) is 4.60. The van der Waals surface area contributed by atoms with Gasteiger partial charge in [-0.25, -0.2) is 9.97 Å². The molecule has 2 saturated heterocycles. The summed E-state index contributed by atoms with van der Waals surface area (Å²) in [5.74, 6) is 0.0966. The molecule has 3 rings (SSSR count). The molecule has 2 unspecified atom stereocenters. The zero-order valence-electron chi connectivity index (χ0n) is 10.8. The second-order valence-electron chi connectivity index (χ2n) is 5.03. The summed E-state index contributed by atoms with van der Waals surface area (Å²) in [6, 6.07) is 1.10. The molecule has 2 amide bonds. The molecule has 0 aliphatic carbocycles. The molecule has 0 spiro atoms. The van der Waals surface area contributed by atoms with E-state index in [1.807, 2.05) is 0 Å². The van der Waals surface area contributed by atoms with E-state index in [2.05, 4.69) is 9.97 Å². The largest absolute Gasteiger partial charge is 0.329 e. The van der Waals surface area contributed by atoms with Gasteiger partial charge in [0.25, 0.3) is 0 Å². The topological polar surface area (TPSA) is 66.4 Å². The Labute approximate surface area is 111 Å². The van der Waals surface area contributed by atoms with Crippen molar-refractivity contribution >= 4 is 11.8 Å². The first-order valence-corrected chi connectivity index (χ1v) is 6.54. The fourth-order valence-electron chi connectivity index (χ4n) is 2.84. The van der Waals surface area contributed by atoms with Crippen LogP contribution >= 0.6 is 0 Å². The van der Waals surface area contributed by atoms with Crippen LogP contribution in [0.3, 0.4) is 0 Å². The minimum Gasteiger partial charge on any atom is -0.329 e. The van der Waals surface area contributed by atoms with Gasteiger partial charge < -0.3 is 9.80 Å². The number of amides is 2. The van der Waals surface area contributed by atoms with Gasteiger partial charge >= 0.3 is 0 Å². The summed E-state index contributed by atoms with van der Waals surface area (Å²) in [4.78, 5) is 36.0. The van der Waals surface area contributed by atoms with Crippen molar-refractivity contribution in [1.82, 2.24) is 19.8 Å². The fraction of sp³-hybridized carbons (Fsp3) is 0.538. The summed E-state index contributed by atoms with van der Waals surface area (Å²) in [6.45, 7) is 2.87. The van der Waals surface area contributed by atoms with Crippen LogP contribution in [-0.2, 0) is 16.1 Å². The molecule has 6 heteroatoms. The van der Waals surface area contributed by atoms with Crippen LogP contribution in [0.5, 0.6) is 0 Å². The minimum atomic E-state index is -0.406. The number of rotatable bonds is 2. The van der Waals surface area contributed by atoms with Gasteiger partial charge in [-0.2, -0.15) is 0 Å². The van der Waals surface area contributed by atoms with Gasteiger partial charge in [-0.1, -0.05) is 0 Å². The fourth-order valence-corrected chi connectivity index (χ4v) is 2.84. The molecular formula is C13H16N4O2. The number of carbonyl (C=O) groups is 2. The Kier molecular flexibility index (Phi) is 2.93. The van der Waals surface area contributed by atoms with Gasteiger partial charge in [0, 0.05) is 12.7 Å². The summed E-state index contributed by atoms with van der Waals surface area (Å²) in [7, 11) is 0. The maximum Gasteiger partial charge on any atom is 0.246 e. The van der Waals surface area contributed by atoms with Crippen LogP contribution in [0.25, 0.3) is 0 Å². The smallest absolute Gasteiger partial charge is 0.246 e. The number of aromatic nitrogens is 2. The molecular weight excluding hydrogens is 244 g/mol. The van der Waals surface area contributed by atoms with Gasteiger partial charge in [0.05, 0.1) is 12.2 Å². The average molecular weight is 260 g/mol. The highest BCUT2D eigenvalue weighted by Gasteiger charge is 2.45. The number of hydrogen-bond acceptors (Lipinski definition) is 4. The second-order valence-corrected chi connectivity index (χ2v) is 5.03. The quantitative estimate of drug-likeness (QED) is 0.762. The summed E-state index contributed by atoms with van der Waals surface area (Å²) < 4.78 is 0. The van der Waals surface area contributed by atoms with Gasteiger partial charge in [-0.3, -0.25) is 9.59 Å².